The molecule has 128 valence electrons. The Morgan fingerprint density at radius 3 is 2.72 bits per heavy atom. The highest BCUT2D eigenvalue weighted by Gasteiger charge is 2.22. The molecule has 2 aromatic heterocycles. The number of nitrogens with zero attached hydrogens (tertiary/aromatic N) is 3. The summed E-state index contributed by atoms with van der Waals surface area (Å²) in [5.41, 5.74) is 1.76. The largest absolute Gasteiger partial charge is 0.480 e. The zero-order chi connectivity index (χ0) is 18.0. The standard InChI is InChI=1S/C18H18N4O3/c1-3-14(18(24)25)21-17(23)13-10-19-22(11(13)2)16-9-8-12-6-4-5-7-15(12)20-16/h4-10,14H,3H2,1-2H3,(H,21,23)(H,24,25). The van der Waals surface area contributed by atoms with Gasteiger partial charge in [-0.15, -0.1) is 0 Å². The van der Waals surface area contributed by atoms with E-state index in [1.807, 2.05) is 36.4 Å². The molecule has 0 spiro atoms. The average Bonchev–Trinajstić information content (AvgIpc) is 3.00. The van der Waals surface area contributed by atoms with Gasteiger partial charge >= 0.3 is 5.97 Å². The fraction of sp³-hybridized carbons (Fsp3) is 0.222. The Morgan fingerprint density at radius 1 is 1.24 bits per heavy atom. The van der Waals surface area contributed by atoms with E-state index in [0.29, 0.717) is 23.5 Å². The van der Waals surface area contributed by atoms with Crippen molar-refractivity contribution in [2.75, 3.05) is 0 Å². The van der Waals surface area contributed by atoms with Crippen molar-refractivity contribution in [2.45, 2.75) is 26.3 Å². The lowest BCUT2D eigenvalue weighted by molar-refractivity contribution is -0.139. The topological polar surface area (TPSA) is 97.1 Å². The molecule has 1 aromatic carbocycles. The van der Waals surface area contributed by atoms with Crippen LogP contribution in [0.3, 0.4) is 0 Å². The second kappa shape index (κ2) is 6.72. The average molecular weight is 338 g/mol. The molecule has 3 rings (SSSR count). The van der Waals surface area contributed by atoms with Gasteiger partial charge in [0.1, 0.15) is 6.04 Å². The number of hydrogen-bond donors (Lipinski definition) is 2. The number of aliphatic carboxylic acids is 1. The van der Waals surface area contributed by atoms with Gasteiger partial charge in [0.05, 0.1) is 23.0 Å². The minimum Gasteiger partial charge on any atom is -0.480 e. The molecule has 7 nitrogen and oxygen atoms in total. The van der Waals surface area contributed by atoms with Gasteiger partial charge in [0, 0.05) is 5.39 Å². The molecule has 0 aliphatic heterocycles. The number of carbonyl (C=O) groups excluding carboxylic acids is 1. The number of fused-ring (bicyclic) bond motifs is 1. The van der Waals surface area contributed by atoms with Crippen LogP contribution < -0.4 is 5.32 Å². The van der Waals surface area contributed by atoms with Crippen molar-refractivity contribution in [3.05, 3.63) is 53.9 Å². The summed E-state index contributed by atoms with van der Waals surface area (Å²) in [7, 11) is 0. The van der Waals surface area contributed by atoms with Crippen molar-refractivity contribution < 1.29 is 14.7 Å². The molecule has 2 N–H and O–H groups in total. The number of pyridine rings is 1. The van der Waals surface area contributed by atoms with E-state index >= 15 is 0 Å². The van der Waals surface area contributed by atoms with Gasteiger partial charge in [-0.25, -0.2) is 14.5 Å². The summed E-state index contributed by atoms with van der Waals surface area (Å²) in [5, 5.41) is 16.8. The van der Waals surface area contributed by atoms with Crippen molar-refractivity contribution in [1.29, 1.82) is 0 Å². The molecule has 0 aliphatic rings. The molecule has 1 unspecified atom stereocenters. The molecule has 0 saturated carbocycles. The first-order chi connectivity index (χ1) is 12.0. The summed E-state index contributed by atoms with van der Waals surface area (Å²) >= 11 is 0. The Kier molecular flexibility index (Phi) is 4.47. The van der Waals surface area contributed by atoms with Gasteiger partial charge in [-0.3, -0.25) is 4.79 Å². The number of nitrogens with one attached hydrogen (secondary N) is 1. The van der Waals surface area contributed by atoms with Crippen LogP contribution >= 0.6 is 0 Å². The van der Waals surface area contributed by atoms with E-state index in [2.05, 4.69) is 15.4 Å². The predicted molar refractivity (Wildman–Crippen MR) is 92.8 cm³/mol. The smallest absolute Gasteiger partial charge is 0.326 e. The molecule has 0 fully saturated rings. The van der Waals surface area contributed by atoms with E-state index < -0.39 is 17.9 Å². The summed E-state index contributed by atoms with van der Waals surface area (Å²) in [6, 6.07) is 10.6. The summed E-state index contributed by atoms with van der Waals surface area (Å²) in [6.07, 6.45) is 1.73. The van der Waals surface area contributed by atoms with Gasteiger partial charge in [0.2, 0.25) is 0 Å². The maximum Gasteiger partial charge on any atom is 0.326 e. The van der Waals surface area contributed by atoms with Gasteiger partial charge in [-0.2, -0.15) is 5.10 Å². The molecule has 1 atom stereocenters. The Hall–Kier alpha value is -3.22. The first kappa shape index (κ1) is 16.6. The van der Waals surface area contributed by atoms with Crippen LogP contribution in [0.2, 0.25) is 0 Å². The molecular weight excluding hydrogens is 320 g/mol. The van der Waals surface area contributed by atoms with E-state index in [0.717, 1.165) is 10.9 Å². The lowest BCUT2D eigenvalue weighted by Crippen LogP contribution is -2.40. The number of carbonyl (C=O) groups is 2. The lowest BCUT2D eigenvalue weighted by atomic mass is 10.2. The van der Waals surface area contributed by atoms with Crippen molar-refractivity contribution in [1.82, 2.24) is 20.1 Å². The van der Waals surface area contributed by atoms with Crippen LogP contribution in [0, 0.1) is 6.92 Å². The van der Waals surface area contributed by atoms with Gasteiger partial charge in [-0.05, 0) is 31.5 Å². The van der Waals surface area contributed by atoms with Crippen molar-refractivity contribution >= 4 is 22.8 Å². The fourth-order valence-electron chi connectivity index (χ4n) is 2.61. The molecule has 0 bridgehead atoms. The van der Waals surface area contributed by atoms with Crippen molar-refractivity contribution in [2.24, 2.45) is 0 Å². The number of carboxylic acids is 1. The first-order valence-electron chi connectivity index (χ1n) is 7.95. The minimum absolute atomic E-state index is 0.306. The number of carboxylic acid groups (broad SMARTS) is 1. The summed E-state index contributed by atoms with van der Waals surface area (Å²) < 4.78 is 1.57. The Labute approximate surface area is 144 Å². The van der Waals surface area contributed by atoms with Crippen LogP contribution in [0.25, 0.3) is 16.7 Å². The second-order valence-electron chi connectivity index (χ2n) is 5.69. The maximum atomic E-state index is 12.3. The van der Waals surface area contributed by atoms with Crippen molar-refractivity contribution in [3.63, 3.8) is 0 Å². The van der Waals surface area contributed by atoms with Crippen LogP contribution in [-0.2, 0) is 4.79 Å². The highest BCUT2D eigenvalue weighted by molar-refractivity contribution is 5.97. The molecular formula is C18H18N4O3. The number of aromatic nitrogens is 3. The number of benzene rings is 1. The second-order valence-corrected chi connectivity index (χ2v) is 5.69. The van der Waals surface area contributed by atoms with Gasteiger partial charge < -0.3 is 10.4 Å². The van der Waals surface area contributed by atoms with E-state index in [9.17, 15) is 9.59 Å². The van der Waals surface area contributed by atoms with Crippen LogP contribution in [0.4, 0.5) is 0 Å². The summed E-state index contributed by atoms with van der Waals surface area (Å²) in [6.45, 7) is 3.45. The molecule has 0 radical (unpaired) electrons. The van der Waals surface area contributed by atoms with E-state index in [1.165, 1.54) is 6.20 Å². The first-order valence-corrected chi connectivity index (χ1v) is 7.95. The predicted octanol–water partition coefficient (Wildman–Crippen LogP) is 2.32. The van der Waals surface area contributed by atoms with Crippen molar-refractivity contribution in [3.8, 4) is 5.82 Å². The molecule has 25 heavy (non-hydrogen) atoms. The highest BCUT2D eigenvalue weighted by Crippen LogP contribution is 2.17. The Morgan fingerprint density at radius 2 is 2.00 bits per heavy atom. The highest BCUT2D eigenvalue weighted by atomic mass is 16.4. The van der Waals surface area contributed by atoms with Crippen LogP contribution in [-0.4, -0.2) is 37.8 Å². The van der Waals surface area contributed by atoms with Crippen LogP contribution in [0.1, 0.15) is 29.4 Å². The fourth-order valence-corrected chi connectivity index (χ4v) is 2.61. The Balaban J connectivity index is 1.92. The lowest BCUT2D eigenvalue weighted by Gasteiger charge is -2.12. The summed E-state index contributed by atoms with van der Waals surface area (Å²) in [4.78, 5) is 28.0. The van der Waals surface area contributed by atoms with E-state index in [1.54, 1.807) is 18.5 Å². The third kappa shape index (κ3) is 3.21. The number of rotatable bonds is 5. The monoisotopic (exact) mass is 338 g/mol. The normalized spacial score (nSPS) is 12.1. The Bertz CT molecular complexity index is 948. The molecule has 3 aromatic rings. The molecule has 0 saturated heterocycles. The van der Waals surface area contributed by atoms with Gasteiger partial charge in [0.15, 0.2) is 5.82 Å². The zero-order valence-corrected chi connectivity index (χ0v) is 13.9. The minimum atomic E-state index is -1.06. The zero-order valence-electron chi connectivity index (χ0n) is 13.9. The number of para-hydroxylation sites is 1. The number of amides is 1. The van der Waals surface area contributed by atoms with E-state index in [4.69, 9.17) is 5.11 Å². The summed E-state index contributed by atoms with van der Waals surface area (Å²) in [5.74, 6) is -0.920. The van der Waals surface area contributed by atoms with Gasteiger partial charge in [-0.1, -0.05) is 25.1 Å². The van der Waals surface area contributed by atoms with Crippen LogP contribution in [0.5, 0.6) is 0 Å². The molecule has 1 amide bonds. The third-order valence-corrected chi connectivity index (χ3v) is 4.07. The quantitative estimate of drug-likeness (QED) is 0.744. The third-order valence-electron chi connectivity index (χ3n) is 4.07. The van der Waals surface area contributed by atoms with E-state index in [-0.39, 0.29) is 0 Å². The number of hydrogen-bond acceptors (Lipinski definition) is 4. The molecule has 2 heterocycles. The molecule has 0 aliphatic carbocycles. The van der Waals surface area contributed by atoms with Gasteiger partial charge in [0.25, 0.3) is 5.91 Å². The molecule has 7 heteroatoms. The maximum absolute atomic E-state index is 12.3. The van der Waals surface area contributed by atoms with Crippen LogP contribution in [0.15, 0.2) is 42.6 Å². The SMILES string of the molecule is CCC(NC(=O)c1cnn(-c2ccc3ccccc3n2)c1C)C(=O)O.